The maximum atomic E-state index is 11.1. The highest BCUT2D eigenvalue weighted by atomic mass is 16.5. The molecule has 0 aliphatic rings. The van der Waals surface area contributed by atoms with Gasteiger partial charge in [-0.1, -0.05) is 12.1 Å². The summed E-state index contributed by atoms with van der Waals surface area (Å²) >= 11 is 0. The fourth-order valence-electron chi connectivity index (χ4n) is 0.969. The maximum absolute atomic E-state index is 11.1. The summed E-state index contributed by atoms with van der Waals surface area (Å²) in [4.78, 5) is 21.8. The smallest absolute Gasteiger partial charge is 0.338 e. The van der Waals surface area contributed by atoms with Crippen LogP contribution in [0.3, 0.4) is 0 Å². The molecule has 0 saturated carbocycles. The summed E-state index contributed by atoms with van der Waals surface area (Å²) in [5.41, 5.74) is 7.08. The third-order valence-corrected chi connectivity index (χ3v) is 1.58. The standard InChI is InChI=1S/C9H8NO3/c1-13-9(12)7-5-3-2-4-6(7)8(10)11/h2-5,10H,1H3. The molecule has 0 atom stereocenters. The molecule has 0 spiro atoms. The van der Waals surface area contributed by atoms with E-state index in [1.165, 1.54) is 19.2 Å². The van der Waals surface area contributed by atoms with Crippen LogP contribution in [0.2, 0.25) is 0 Å². The molecule has 0 fully saturated rings. The van der Waals surface area contributed by atoms with Crippen molar-refractivity contribution in [3.05, 3.63) is 35.4 Å². The van der Waals surface area contributed by atoms with Crippen LogP contribution in [-0.4, -0.2) is 19.0 Å². The number of nitrogens with one attached hydrogen (secondary N) is 1. The first-order chi connectivity index (χ1) is 6.16. The van der Waals surface area contributed by atoms with Gasteiger partial charge >= 0.3 is 5.97 Å². The van der Waals surface area contributed by atoms with Crippen molar-refractivity contribution < 1.29 is 14.3 Å². The molecule has 1 aromatic rings. The van der Waals surface area contributed by atoms with Crippen LogP contribution in [0.15, 0.2) is 24.3 Å². The van der Waals surface area contributed by atoms with Gasteiger partial charge in [0, 0.05) is 0 Å². The zero-order valence-electron chi connectivity index (χ0n) is 7.03. The zero-order chi connectivity index (χ0) is 9.84. The fourth-order valence-corrected chi connectivity index (χ4v) is 0.969. The quantitative estimate of drug-likeness (QED) is 0.632. The van der Waals surface area contributed by atoms with Gasteiger partial charge in [-0.15, -0.1) is 0 Å². The van der Waals surface area contributed by atoms with E-state index in [4.69, 9.17) is 5.73 Å². The van der Waals surface area contributed by atoms with Gasteiger partial charge in [-0.3, -0.25) is 10.5 Å². The number of amides is 1. The molecule has 4 heteroatoms. The van der Waals surface area contributed by atoms with Crippen LogP contribution in [0, 0.1) is 0 Å². The van der Waals surface area contributed by atoms with Crippen LogP contribution in [-0.2, 0) is 4.74 Å². The van der Waals surface area contributed by atoms with Crippen molar-refractivity contribution in [2.45, 2.75) is 0 Å². The molecule has 0 aliphatic carbocycles. The maximum Gasteiger partial charge on any atom is 0.338 e. The van der Waals surface area contributed by atoms with Crippen LogP contribution >= 0.6 is 0 Å². The van der Waals surface area contributed by atoms with E-state index in [1.54, 1.807) is 12.1 Å². The SMILES string of the molecule is COC(=O)c1ccccc1C([NH])=O. The van der Waals surface area contributed by atoms with Gasteiger partial charge in [0.05, 0.1) is 18.2 Å². The summed E-state index contributed by atoms with van der Waals surface area (Å²) in [7, 11) is 1.23. The topological polar surface area (TPSA) is 67.2 Å². The molecular weight excluding hydrogens is 170 g/mol. The second kappa shape index (κ2) is 3.71. The van der Waals surface area contributed by atoms with E-state index >= 15 is 0 Å². The lowest BCUT2D eigenvalue weighted by atomic mass is 10.1. The molecule has 67 valence electrons. The van der Waals surface area contributed by atoms with Gasteiger partial charge in [0.25, 0.3) is 5.91 Å². The lowest BCUT2D eigenvalue weighted by molar-refractivity contribution is 0.0597. The summed E-state index contributed by atoms with van der Waals surface area (Å²) < 4.78 is 4.45. The van der Waals surface area contributed by atoms with Crippen molar-refractivity contribution in [1.29, 1.82) is 0 Å². The van der Waals surface area contributed by atoms with Crippen molar-refractivity contribution in [3.8, 4) is 0 Å². The molecular formula is C9H8NO3. The summed E-state index contributed by atoms with van der Waals surface area (Å²) in [6.45, 7) is 0. The number of carbonyl (C=O) groups excluding carboxylic acids is 2. The van der Waals surface area contributed by atoms with E-state index in [0.717, 1.165) is 0 Å². The van der Waals surface area contributed by atoms with Crippen molar-refractivity contribution in [1.82, 2.24) is 5.73 Å². The first-order valence-electron chi connectivity index (χ1n) is 3.60. The molecule has 0 aliphatic heterocycles. The lowest BCUT2D eigenvalue weighted by Crippen LogP contribution is -2.10. The minimum Gasteiger partial charge on any atom is -0.465 e. The van der Waals surface area contributed by atoms with Gasteiger partial charge in [-0.25, -0.2) is 4.79 Å². The highest BCUT2D eigenvalue weighted by Crippen LogP contribution is 2.09. The highest BCUT2D eigenvalue weighted by molar-refractivity contribution is 6.04. The Balaban J connectivity index is 3.19. The third kappa shape index (κ3) is 1.84. The molecule has 1 aromatic carbocycles. The second-order valence-electron chi connectivity index (χ2n) is 2.37. The molecule has 1 rings (SSSR count). The van der Waals surface area contributed by atoms with Crippen LogP contribution in [0.5, 0.6) is 0 Å². The monoisotopic (exact) mass is 178 g/mol. The van der Waals surface area contributed by atoms with Crippen molar-refractivity contribution >= 4 is 11.9 Å². The summed E-state index contributed by atoms with van der Waals surface area (Å²) in [5.74, 6) is -1.49. The largest absolute Gasteiger partial charge is 0.465 e. The molecule has 0 aromatic heterocycles. The van der Waals surface area contributed by atoms with Gasteiger partial charge in [0.1, 0.15) is 0 Å². The van der Waals surface area contributed by atoms with E-state index in [1.807, 2.05) is 0 Å². The van der Waals surface area contributed by atoms with E-state index in [-0.39, 0.29) is 11.1 Å². The van der Waals surface area contributed by atoms with Gasteiger partial charge in [0.15, 0.2) is 0 Å². The molecule has 0 bridgehead atoms. The van der Waals surface area contributed by atoms with E-state index < -0.39 is 11.9 Å². The summed E-state index contributed by atoms with van der Waals surface area (Å²) in [6, 6.07) is 6.07. The highest BCUT2D eigenvalue weighted by Gasteiger charge is 2.14. The van der Waals surface area contributed by atoms with Crippen molar-refractivity contribution in [2.24, 2.45) is 0 Å². The molecule has 4 nitrogen and oxygen atoms in total. The van der Waals surface area contributed by atoms with Crippen molar-refractivity contribution in [2.75, 3.05) is 7.11 Å². The minimum absolute atomic E-state index is 0.0642. The van der Waals surface area contributed by atoms with E-state index in [2.05, 4.69) is 4.74 Å². The predicted octanol–water partition coefficient (Wildman–Crippen LogP) is 0.896. The Kier molecular flexibility index (Phi) is 2.64. The molecule has 13 heavy (non-hydrogen) atoms. The molecule has 1 N–H and O–H groups in total. The van der Waals surface area contributed by atoms with Gasteiger partial charge < -0.3 is 4.74 Å². The number of carbonyl (C=O) groups is 2. The first-order valence-corrected chi connectivity index (χ1v) is 3.60. The fraction of sp³-hybridized carbons (Fsp3) is 0.111. The lowest BCUT2D eigenvalue weighted by Gasteiger charge is -2.02. The predicted molar refractivity (Wildman–Crippen MR) is 45.2 cm³/mol. The third-order valence-electron chi connectivity index (χ3n) is 1.58. The number of benzene rings is 1. The number of hydrogen-bond acceptors (Lipinski definition) is 3. The Bertz CT molecular complexity index is 346. The Hall–Kier alpha value is -1.84. The Labute approximate surface area is 75.3 Å². The Morgan fingerprint density at radius 1 is 1.23 bits per heavy atom. The summed E-state index contributed by atoms with van der Waals surface area (Å²) in [5, 5.41) is 0. The van der Waals surface area contributed by atoms with E-state index in [9.17, 15) is 9.59 Å². The van der Waals surface area contributed by atoms with Crippen LogP contribution in [0.4, 0.5) is 0 Å². The van der Waals surface area contributed by atoms with Crippen LogP contribution in [0.1, 0.15) is 20.7 Å². The Morgan fingerprint density at radius 3 is 2.23 bits per heavy atom. The Morgan fingerprint density at radius 2 is 1.77 bits per heavy atom. The van der Waals surface area contributed by atoms with E-state index in [0.29, 0.717) is 0 Å². The number of ether oxygens (including phenoxy) is 1. The van der Waals surface area contributed by atoms with Crippen molar-refractivity contribution in [3.63, 3.8) is 0 Å². The number of hydrogen-bond donors (Lipinski definition) is 0. The van der Waals surface area contributed by atoms with Crippen LogP contribution < -0.4 is 5.73 Å². The van der Waals surface area contributed by atoms with Crippen LogP contribution in [0.25, 0.3) is 0 Å². The molecule has 0 heterocycles. The number of methoxy groups -OCH3 is 1. The van der Waals surface area contributed by atoms with Gasteiger partial charge in [-0.05, 0) is 12.1 Å². The van der Waals surface area contributed by atoms with Gasteiger partial charge in [0.2, 0.25) is 0 Å². The molecule has 1 amide bonds. The number of esters is 1. The second-order valence-corrected chi connectivity index (χ2v) is 2.37. The zero-order valence-corrected chi connectivity index (χ0v) is 7.03. The van der Waals surface area contributed by atoms with Gasteiger partial charge in [-0.2, -0.15) is 0 Å². The number of rotatable bonds is 2. The molecule has 1 radical (unpaired) electrons. The first kappa shape index (κ1) is 9.25. The molecule has 0 unspecified atom stereocenters. The summed E-state index contributed by atoms with van der Waals surface area (Å²) in [6.07, 6.45) is 0. The average Bonchev–Trinajstić information content (AvgIpc) is 2.16. The normalized spacial score (nSPS) is 9.31. The molecule has 0 saturated heterocycles. The average molecular weight is 178 g/mol. The minimum atomic E-state index is -0.888.